The third-order valence-electron chi connectivity index (χ3n) is 1.87. The van der Waals surface area contributed by atoms with Gasteiger partial charge in [-0.15, -0.1) is 0 Å². The van der Waals surface area contributed by atoms with Gasteiger partial charge in [0.2, 0.25) is 0 Å². The Morgan fingerprint density at radius 3 is 2.77 bits per heavy atom. The molecule has 0 aliphatic carbocycles. The normalized spacial score (nSPS) is 10.0. The van der Waals surface area contributed by atoms with E-state index in [1.807, 2.05) is 6.92 Å². The maximum Gasteiger partial charge on any atom is 0.356 e. The van der Waals surface area contributed by atoms with Crippen LogP contribution in [0.5, 0.6) is 0 Å². The molecular weight excluding hydrogens is 168 g/mol. The predicted octanol–water partition coefficient (Wildman–Crippen LogP) is 1.34. The quantitative estimate of drug-likeness (QED) is 0.693. The lowest BCUT2D eigenvalue weighted by atomic mass is 10.2. The summed E-state index contributed by atoms with van der Waals surface area (Å²) in [6, 6.07) is 0. The molecule has 0 aromatic carbocycles. The van der Waals surface area contributed by atoms with Crippen LogP contribution in [-0.4, -0.2) is 17.6 Å². The van der Waals surface area contributed by atoms with Crippen LogP contribution in [0.3, 0.4) is 0 Å². The second kappa shape index (κ2) is 3.98. The molecule has 0 spiro atoms. The number of nitrogens with two attached hydrogens (primary N) is 1. The van der Waals surface area contributed by atoms with E-state index in [1.54, 1.807) is 13.1 Å². The highest BCUT2D eigenvalue weighted by Gasteiger charge is 2.14. The monoisotopic (exact) mass is 182 g/mol. The minimum Gasteiger partial charge on any atom is -0.461 e. The molecule has 0 aliphatic heterocycles. The van der Waals surface area contributed by atoms with Crippen molar-refractivity contribution in [2.24, 2.45) is 0 Å². The molecule has 0 bridgehead atoms. The largest absolute Gasteiger partial charge is 0.461 e. The zero-order valence-corrected chi connectivity index (χ0v) is 7.89. The van der Waals surface area contributed by atoms with Crippen molar-refractivity contribution in [1.82, 2.24) is 4.98 Å². The molecule has 1 heterocycles. The van der Waals surface area contributed by atoms with Crippen LogP contribution in [0.25, 0.3) is 0 Å². The molecular formula is C9H14N2O2. The van der Waals surface area contributed by atoms with E-state index in [4.69, 9.17) is 10.5 Å². The molecule has 1 rings (SSSR count). The van der Waals surface area contributed by atoms with E-state index < -0.39 is 0 Å². The average Bonchev–Trinajstić information content (AvgIpc) is 2.47. The number of carbonyl (C=O) groups excluding carboxylic acids is 1. The molecule has 13 heavy (non-hydrogen) atoms. The highest BCUT2D eigenvalue weighted by molar-refractivity contribution is 5.94. The number of aromatic amines is 1. The van der Waals surface area contributed by atoms with Crippen molar-refractivity contribution in [3.63, 3.8) is 0 Å². The zero-order chi connectivity index (χ0) is 9.84. The molecule has 3 N–H and O–H groups in total. The van der Waals surface area contributed by atoms with Gasteiger partial charge >= 0.3 is 5.97 Å². The summed E-state index contributed by atoms with van der Waals surface area (Å²) in [5.74, 6) is -0.389. The van der Waals surface area contributed by atoms with E-state index in [-0.39, 0.29) is 5.97 Å². The Kier molecular flexibility index (Phi) is 2.95. The highest BCUT2D eigenvalue weighted by atomic mass is 16.5. The number of anilines is 1. The van der Waals surface area contributed by atoms with Crippen LogP contribution in [0.4, 0.5) is 5.69 Å². The van der Waals surface area contributed by atoms with Gasteiger partial charge in [0.1, 0.15) is 5.69 Å². The molecule has 0 fully saturated rings. The molecule has 0 saturated carbocycles. The van der Waals surface area contributed by atoms with Crippen molar-refractivity contribution in [3.05, 3.63) is 17.5 Å². The smallest absolute Gasteiger partial charge is 0.356 e. The number of aryl methyl sites for hydroxylation is 1. The molecule has 1 aromatic rings. The highest BCUT2D eigenvalue weighted by Crippen LogP contribution is 2.17. The van der Waals surface area contributed by atoms with Crippen LogP contribution in [0, 0.1) is 0 Å². The zero-order valence-electron chi connectivity index (χ0n) is 7.89. The SMILES string of the molecule is CCOC(=O)c1[nH]cc(CC)c1N. The molecule has 4 nitrogen and oxygen atoms in total. The summed E-state index contributed by atoms with van der Waals surface area (Å²) in [7, 11) is 0. The second-order valence-electron chi connectivity index (χ2n) is 2.68. The van der Waals surface area contributed by atoms with Crippen LogP contribution in [0.15, 0.2) is 6.20 Å². The van der Waals surface area contributed by atoms with Crippen LogP contribution in [0.1, 0.15) is 29.9 Å². The summed E-state index contributed by atoms with van der Waals surface area (Å²) in [4.78, 5) is 14.1. The molecule has 0 atom stereocenters. The first-order valence-electron chi connectivity index (χ1n) is 4.33. The van der Waals surface area contributed by atoms with Gasteiger partial charge in [-0.3, -0.25) is 0 Å². The summed E-state index contributed by atoms with van der Waals surface area (Å²) >= 11 is 0. The lowest BCUT2D eigenvalue weighted by Crippen LogP contribution is -2.07. The number of esters is 1. The van der Waals surface area contributed by atoms with E-state index in [1.165, 1.54) is 0 Å². The summed E-state index contributed by atoms with van der Waals surface area (Å²) in [6.45, 7) is 4.10. The molecule has 0 aliphatic rings. The summed E-state index contributed by atoms with van der Waals surface area (Å²) in [5.41, 5.74) is 7.52. The number of nitrogens with one attached hydrogen (secondary N) is 1. The molecule has 4 heteroatoms. The number of aromatic nitrogens is 1. The third kappa shape index (κ3) is 1.83. The molecule has 0 unspecified atom stereocenters. The number of hydrogen-bond acceptors (Lipinski definition) is 3. The first-order chi connectivity index (χ1) is 6.20. The maximum atomic E-state index is 11.3. The topological polar surface area (TPSA) is 68.1 Å². The van der Waals surface area contributed by atoms with Gasteiger partial charge in [0.15, 0.2) is 0 Å². The van der Waals surface area contributed by atoms with E-state index >= 15 is 0 Å². The second-order valence-corrected chi connectivity index (χ2v) is 2.68. The Morgan fingerprint density at radius 1 is 1.62 bits per heavy atom. The minimum absolute atomic E-state index is 0.360. The van der Waals surface area contributed by atoms with Crippen molar-refractivity contribution in [2.45, 2.75) is 20.3 Å². The first-order valence-corrected chi connectivity index (χ1v) is 4.33. The van der Waals surface area contributed by atoms with Crippen molar-refractivity contribution < 1.29 is 9.53 Å². The van der Waals surface area contributed by atoms with Crippen LogP contribution < -0.4 is 5.73 Å². The fraction of sp³-hybridized carbons (Fsp3) is 0.444. The number of hydrogen-bond donors (Lipinski definition) is 2. The summed E-state index contributed by atoms with van der Waals surface area (Å²) in [5, 5.41) is 0. The number of carbonyl (C=O) groups is 1. The number of rotatable bonds is 3. The van der Waals surface area contributed by atoms with Crippen molar-refractivity contribution in [2.75, 3.05) is 12.3 Å². The van der Waals surface area contributed by atoms with E-state index in [0.29, 0.717) is 18.0 Å². The Hall–Kier alpha value is -1.45. The Bertz CT molecular complexity index is 305. The van der Waals surface area contributed by atoms with Gasteiger partial charge in [0, 0.05) is 6.20 Å². The molecule has 0 saturated heterocycles. The van der Waals surface area contributed by atoms with Gasteiger partial charge in [0.25, 0.3) is 0 Å². The molecule has 0 amide bonds. The van der Waals surface area contributed by atoms with Crippen LogP contribution in [0.2, 0.25) is 0 Å². The van der Waals surface area contributed by atoms with Gasteiger partial charge in [-0.25, -0.2) is 4.79 Å². The van der Waals surface area contributed by atoms with E-state index in [2.05, 4.69) is 4.98 Å². The Labute approximate surface area is 77.1 Å². The predicted molar refractivity (Wildman–Crippen MR) is 50.5 cm³/mol. The number of nitrogen functional groups attached to an aromatic ring is 1. The fourth-order valence-electron chi connectivity index (χ4n) is 1.14. The standard InChI is InChI=1S/C9H14N2O2/c1-3-6-5-11-8(7(6)10)9(12)13-4-2/h5,11H,3-4,10H2,1-2H3. The average molecular weight is 182 g/mol. The van der Waals surface area contributed by atoms with Gasteiger partial charge in [0.05, 0.1) is 12.3 Å². The number of H-pyrrole nitrogens is 1. The van der Waals surface area contributed by atoms with Gasteiger partial charge in [-0.1, -0.05) is 6.92 Å². The lowest BCUT2D eigenvalue weighted by molar-refractivity contribution is 0.0521. The van der Waals surface area contributed by atoms with Crippen molar-refractivity contribution in [3.8, 4) is 0 Å². The lowest BCUT2D eigenvalue weighted by Gasteiger charge is -2.00. The summed E-state index contributed by atoms with van der Waals surface area (Å²) < 4.78 is 4.82. The Morgan fingerprint density at radius 2 is 2.31 bits per heavy atom. The van der Waals surface area contributed by atoms with Gasteiger partial charge in [-0.05, 0) is 18.9 Å². The van der Waals surface area contributed by atoms with E-state index in [9.17, 15) is 4.79 Å². The fourth-order valence-corrected chi connectivity index (χ4v) is 1.14. The summed E-state index contributed by atoms with van der Waals surface area (Å²) in [6.07, 6.45) is 2.54. The molecule has 72 valence electrons. The molecule has 0 radical (unpaired) electrons. The Balaban J connectivity index is 2.89. The van der Waals surface area contributed by atoms with Crippen LogP contribution >= 0.6 is 0 Å². The van der Waals surface area contributed by atoms with Gasteiger partial charge < -0.3 is 15.5 Å². The van der Waals surface area contributed by atoms with E-state index in [0.717, 1.165) is 12.0 Å². The van der Waals surface area contributed by atoms with Gasteiger partial charge in [-0.2, -0.15) is 0 Å². The van der Waals surface area contributed by atoms with Crippen molar-refractivity contribution in [1.29, 1.82) is 0 Å². The maximum absolute atomic E-state index is 11.3. The van der Waals surface area contributed by atoms with Crippen LogP contribution in [-0.2, 0) is 11.2 Å². The van der Waals surface area contributed by atoms with Crippen molar-refractivity contribution >= 4 is 11.7 Å². The first kappa shape index (κ1) is 9.64. The minimum atomic E-state index is -0.389. The molecule has 1 aromatic heterocycles. The number of ether oxygens (including phenoxy) is 1. The third-order valence-corrected chi connectivity index (χ3v) is 1.87.